The highest BCUT2D eigenvalue weighted by atomic mass is 32.1. The third-order valence-electron chi connectivity index (χ3n) is 3.03. The van der Waals surface area contributed by atoms with Gasteiger partial charge in [-0.2, -0.15) is 0 Å². The number of hydrogen-bond acceptors (Lipinski definition) is 5. The maximum absolute atomic E-state index is 12.0. The van der Waals surface area contributed by atoms with Crippen molar-refractivity contribution in [1.29, 1.82) is 0 Å². The molecule has 1 aromatic carbocycles. The molecule has 0 atom stereocenters. The van der Waals surface area contributed by atoms with Crippen LogP contribution < -0.4 is 10.6 Å². The van der Waals surface area contributed by atoms with Gasteiger partial charge >= 0.3 is 0 Å². The zero-order valence-corrected chi connectivity index (χ0v) is 13.0. The van der Waals surface area contributed by atoms with Crippen LogP contribution in [0.5, 0.6) is 0 Å². The lowest BCUT2D eigenvalue weighted by Gasteiger charge is -2.04. The molecule has 0 aliphatic rings. The minimum Gasteiger partial charge on any atom is -0.392 e. The number of nitrogens with one attached hydrogen (secondary N) is 2. The summed E-state index contributed by atoms with van der Waals surface area (Å²) >= 11 is 1.32. The molecule has 0 aliphatic heterocycles. The summed E-state index contributed by atoms with van der Waals surface area (Å²) in [4.78, 5) is 16.7. The van der Waals surface area contributed by atoms with E-state index in [9.17, 15) is 4.79 Å². The first-order valence-electron chi connectivity index (χ1n) is 7.00. The summed E-state index contributed by atoms with van der Waals surface area (Å²) in [7, 11) is 0. The molecule has 3 N–H and O–H groups in total. The van der Waals surface area contributed by atoms with Gasteiger partial charge in [-0.3, -0.25) is 4.79 Å². The standard InChI is InChI=1S/C16H19N3O2S/c1-2-8-18-16-19-10-14(22-16)15(21)17-9-7-12-3-5-13(11-20)6-4-12/h2-6,10,20H,1,7-9,11H2,(H,17,21)(H,18,19). The fourth-order valence-corrected chi connectivity index (χ4v) is 2.58. The van der Waals surface area contributed by atoms with Crippen LogP contribution in [0.25, 0.3) is 0 Å². The van der Waals surface area contributed by atoms with Crippen LogP contribution in [0.2, 0.25) is 0 Å². The number of amides is 1. The van der Waals surface area contributed by atoms with Crippen molar-refractivity contribution in [2.75, 3.05) is 18.4 Å². The number of carbonyl (C=O) groups is 1. The Morgan fingerprint density at radius 2 is 2.05 bits per heavy atom. The molecule has 0 unspecified atom stereocenters. The van der Waals surface area contributed by atoms with Crippen molar-refractivity contribution in [2.24, 2.45) is 0 Å². The van der Waals surface area contributed by atoms with Gasteiger partial charge in [-0.25, -0.2) is 4.98 Å². The first-order valence-corrected chi connectivity index (χ1v) is 7.82. The third kappa shape index (κ3) is 4.68. The molecule has 5 nitrogen and oxygen atoms in total. The summed E-state index contributed by atoms with van der Waals surface area (Å²) in [6, 6.07) is 7.69. The third-order valence-corrected chi connectivity index (χ3v) is 3.99. The van der Waals surface area contributed by atoms with Crippen LogP contribution in [0.15, 0.2) is 43.1 Å². The number of carbonyl (C=O) groups excluding carboxylic acids is 1. The highest BCUT2D eigenvalue weighted by Crippen LogP contribution is 2.17. The minimum absolute atomic E-state index is 0.0462. The number of nitrogens with zero attached hydrogens (tertiary/aromatic N) is 1. The average Bonchev–Trinajstić information content (AvgIpc) is 3.02. The van der Waals surface area contributed by atoms with Gasteiger partial charge in [0.05, 0.1) is 12.8 Å². The summed E-state index contributed by atoms with van der Waals surface area (Å²) in [5.74, 6) is -0.115. The van der Waals surface area contributed by atoms with Crippen molar-refractivity contribution in [3.05, 3.63) is 59.1 Å². The molecule has 2 aromatic rings. The van der Waals surface area contributed by atoms with Gasteiger partial charge < -0.3 is 15.7 Å². The van der Waals surface area contributed by atoms with Crippen LogP contribution in [0.4, 0.5) is 5.13 Å². The van der Waals surface area contributed by atoms with Crippen LogP contribution in [0.3, 0.4) is 0 Å². The fourth-order valence-electron chi connectivity index (χ4n) is 1.84. The maximum Gasteiger partial charge on any atom is 0.263 e. The Bertz CT molecular complexity index is 623. The zero-order valence-electron chi connectivity index (χ0n) is 12.2. The van der Waals surface area contributed by atoms with E-state index in [0.717, 1.165) is 17.5 Å². The Morgan fingerprint density at radius 1 is 1.32 bits per heavy atom. The van der Waals surface area contributed by atoms with Gasteiger partial charge in [0.15, 0.2) is 5.13 Å². The number of rotatable bonds is 8. The molecule has 0 radical (unpaired) electrons. The molecule has 6 heteroatoms. The molecule has 0 bridgehead atoms. The summed E-state index contributed by atoms with van der Waals surface area (Å²) in [5, 5.41) is 15.6. The van der Waals surface area contributed by atoms with E-state index in [-0.39, 0.29) is 12.5 Å². The minimum atomic E-state index is -0.115. The van der Waals surface area contributed by atoms with Crippen molar-refractivity contribution < 1.29 is 9.90 Å². The van der Waals surface area contributed by atoms with Gasteiger partial charge in [0.25, 0.3) is 5.91 Å². The van der Waals surface area contributed by atoms with E-state index < -0.39 is 0 Å². The van der Waals surface area contributed by atoms with Gasteiger partial charge in [0, 0.05) is 13.1 Å². The second-order valence-electron chi connectivity index (χ2n) is 4.68. The molecule has 116 valence electrons. The van der Waals surface area contributed by atoms with Crippen molar-refractivity contribution in [2.45, 2.75) is 13.0 Å². The number of aliphatic hydroxyl groups excluding tert-OH is 1. The number of thiazole rings is 1. The monoisotopic (exact) mass is 317 g/mol. The van der Waals surface area contributed by atoms with Gasteiger partial charge in [-0.15, -0.1) is 6.58 Å². The lowest BCUT2D eigenvalue weighted by molar-refractivity contribution is 0.0958. The number of aliphatic hydroxyl groups is 1. The van der Waals surface area contributed by atoms with Gasteiger partial charge in [0.1, 0.15) is 4.88 Å². The van der Waals surface area contributed by atoms with Crippen LogP contribution in [-0.2, 0) is 13.0 Å². The second-order valence-corrected chi connectivity index (χ2v) is 5.71. The SMILES string of the molecule is C=CCNc1ncc(C(=O)NCCc2ccc(CO)cc2)s1. The molecule has 1 aromatic heterocycles. The normalized spacial score (nSPS) is 10.2. The van der Waals surface area contributed by atoms with Crippen molar-refractivity contribution >= 4 is 22.4 Å². The molecule has 1 amide bonds. The molecule has 0 spiro atoms. The van der Waals surface area contributed by atoms with Crippen molar-refractivity contribution in [1.82, 2.24) is 10.3 Å². The maximum atomic E-state index is 12.0. The molecule has 0 fully saturated rings. The summed E-state index contributed by atoms with van der Waals surface area (Å²) in [6.07, 6.45) is 4.06. The van der Waals surface area contributed by atoms with Crippen LogP contribution in [0, 0.1) is 0 Å². The van der Waals surface area contributed by atoms with Gasteiger partial charge in [-0.05, 0) is 17.5 Å². The Labute approximate surface area is 133 Å². The number of anilines is 1. The lowest BCUT2D eigenvalue weighted by Crippen LogP contribution is -2.24. The van der Waals surface area contributed by atoms with Crippen LogP contribution >= 0.6 is 11.3 Å². The van der Waals surface area contributed by atoms with Gasteiger partial charge in [-0.1, -0.05) is 41.7 Å². The molecular formula is C16H19N3O2S. The largest absolute Gasteiger partial charge is 0.392 e. The lowest BCUT2D eigenvalue weighted by atomic mass is 10.1. The van der Waals surface area contributed by atoms with Gasteiger partial charge in [0.2, 0.25) is 0 Å². The summed E-state index contributed by atoms with van der Waals surface area (Å²) < 4.78 is 0. The molecule has 0 aliphatic carbocycles. The van der Waals surface area contributed by atoms with E-state index in [0.29, 0.717) is 23.1 Å². The molecule has 1 heterocycles. The quantitative estimate of drug-likeness (QED) is 0.653. The average molecular weight is 317 g/mol. The smallest absolute Gasteiger partial charge is 0.263 e. The van der Waals surface area contributed by atoms with E-state index in [1.54, 1.807) is 12.3 Å². The van der Waals surface area contributed by atoms with E-state index in [1.165, 1.54) is 11.3 Å². The van der Waals surface area contributed by atoms with Crippen molar-refractivity contribution in [3.8, 4) is 0 Å². The summed E-state index contributed by atoms with van der Waals surface area (Å²) in [5.41, 5.74) is 2.01. The van der Waals surface area contributed by atoms with E-state index in [2.05, 4.69) is 22.2 Å². The second kappa shape index (κ2) is 8.31. The summed E-state index contributed by atoms with van der Waals surface area (Å²) in [6.45, 7) is 4.85. The Balaban J connectivity index is 1.79. The molecular weight excluding hydrogens is 298 g/mol. The molecule has 22 heavy (non-hydrogen) atoms. The predicted molar refractivity (Wildman–Crippen MR) is 89.2 cm³/mol. The van der Waals surface area contributed by atoms with Crippen LogP contribution in [0.1, 0.15) is 20.8 Å². The topological polar surface area (TPSA) is 74.2 Å². The highest BCUT2D eigenvalue weighted by Gasteiger charge is 2.09. The first-order chi connectivity index (χ1) is 10.7. The molecule has 0 saturated carbocycles. The fraction of sp³-hybridized carbons (Fsp3) is 0.250. The zero-order chi connectivity index (χ0) is 15.8. The Kier molecular flexibility index (Phi) is 6.12. The predicted octanol–water partition coefficient (Wildman–Crippen LogP) is 2.21. The molecule has 0 saturated heterocycles. The van der Waals surface area contributed by atoms with Crippen LogP contribution in [-0.4, -0.2) is 29.1 Å². The highest BCUT2D eigenvalue weighted by molar-refractivity contribution is 7.17. The Morgan fingerprint density at radius 3 is 2.73 bits per heavy atom. The van der Waals surface area contributed by atoms with E-state index in [4.69, 9.17) is 5.11 Å². The van der Waals surface area contributed by atoms with E-state index in [1.807, 2.05) is 24.3 Å². The van der Waals surface area contributed by atoms with E-state index >= 15 is 0 Å². The first kappa shape index (κ1) is 16.2. The van der Waals surface area contributed by atoms with Crippen molar-refractivity contribution in [3.63, 3.8) is 0 Å². The molecule has 2 rings (SSSR count). The Hall–Kier alpha value is -2.18. The number of benzene rings is 1. The number of hydrogen-bond donors (Lipinski definition) is 3. The number of aromatic nitrogens is 1.